The first-order valence-electron chi connectivity index (χ1n) is 12.3. The predicted octanol–water partition coefficient (Wildman–Crippen LogP) is 2.25. The summed E-state index contributed by atoms with van der Waals surface area (Å²) < 4.78 is 0. The second-order valence-corrected chi connectivity index (χ2v) is 9.72. The van der Waals surface area contributed by atoms with Crippen LogP contribution in [0.4, 0.5) is 5.69 Å². The van der Waals surface area contributed by atoms with Gasteiger partial charge in [-0.1, -0.05) is 38.1 Å². The van der Waals surface area contributed by atoms with Crippen molar-refractivity contribution in [3.05, 3.63) is 77.6 Å². The zero-order valence-electron chi connectivity index (χ0n) is 20.4. The van der Waals surface area contributed by atoms with Crippen molar-refractivity contribution in [2.45, 2.75) is 57.7 Å². The lowest BCUT2D eigenvalue weighted by Gasteiger charge is -2.29. The van der Waals surface area contributed by atoms with E-state index in [1.54, 1.807) is 23.6 Å². The SMILES string of the molecule is CC(C)[C@@H](C(=O)N[C@H]1CCc2cccc3c2N(C1=O)[C@H](C(=O)NCc1cnc[nH]1)C3)c1ccccn1. The van der Waals surface area contributed by atoms with Gasteiger partial charge in [-0.05, 0) is 42.0 Å². The molecule has 0 saturated carbocycles. The van der Waals surface area contributed by atoms with Crippen molar-refractivity contribution in [3.8, 4) is 0 Å². The Morgan fingerprint density at radius 1 is 1.17 bits per heavy atom. The summed E-state index contributed by atoms with van der Waals surface area (Å²) in [5, 5.41) is 5.93. The van der Waals surface area contributed by atoms with Crippen LogP contribution in [0.1, 0.15) is 48.7 Å². The fraction of sp³-hybridized carbons (Fsp3) is 0.370. The van der Waals surface area contributed by atoms with Gasteiger partial charge in [0.2, 0.25) is 17.7 Å². The van der Waals surface area contributed by atoms with Crippen molar-refractivity contribution in [1.29, 1.82) is 0 Å². The maximum absolute atomic E-state index is 13.9. The molecule has 1 aromatic carbocycles. The second kappa shape index (κ2) is 9.93. The second-order valence-electron chi connectivity index (χ2n) is 9.72. The lowest BCUT2D eigenvalue weighted by molar-refractivity contribution is -0.130. The molecule has 0 bridgehead atoms. The third-order valence-electron chi connectivity index (χ3n) is 6.99. The van der Waals surface area contributed by atoms with Gasteiger partial charge in [-0.3, -0.25) is 24.3 Å². The van der Waals surface area contributed by atoms with Crippen LogP contribution in [-0.2, 0) is 33.8 Å². The zero-order valence-corrected chi connectivity index (χ0v) is 20.4. The van der Waals surface area contributed by atoms with E-state index in [2.05, 4.69) is 25.6 Å². The quantitative estimate of drug-likeness (QED) is 0.473. The van der Waals surface area contributed by atoms with Crippen LogP contribution in [0.3, 0.4) is 0 Å². The number of aryl methyl sites for hydroxylation is 1. The van der Waals surface area contributed by atoms with Crippen LogP contribution in [-0.4, -0.2) is 44.8 Å². The molecule has 0 spiro atoms. The fourth-order valence-electron chi connectivity index (χ4n) is 5.26. The molecular formula is C27H30N6O3. The number of aromatic amines is 1. The number of hydrogen-bond donors (Lipinski definition) is 3. The minimum atomic E-state index is -0.733. The molecule has 3 amide bonds. The number of anilines is 1. The van der Waals surface area contributed by atoms with E-state index < -0.39 is 18.0 Å². The smallest absolute Gasteiger partial charge is 0.250 e. The normalized spacial score (nSPS) is 19.5. The summed E-state index contributed by atoms with van der Waals surface area (Å²) in [6.07, 6.45) is 6.41. The summed E-state index contributed by atoms with van der Waals surface area (Å²) >= 11 is 0. The van der Waals surface area contributed by atoms with Gasteiger partial charge >= 0.3 is 0 Å². The van der Waals surface area contributed by atoms with Gasteiger partial charge in [-0.25, -0.2) is 4.98 Å². The number of benzene rings is 1. The summed E-state index contributed by atoms with van der Waals surface area (Å²) in [5.74, 6) is -1.20. The van der Waals surface area contributed by atoms with Gasteiger partial charge in [0.25, 0.3) is 0 Å². The molecular weight excluding hydrogens is 456 g/mol. The van der Waals surface area contributed by atoms with Crippen molar-refractivity contribution >= 4 is 23.4 Å². The van der Waals surface area contributed by atoms with Crippen LogP contribution in [0.5, 0.6) is 0 Å². The number of hydrogen-bond acceptors (Lipinski definition) is 5. The number of nitrogens with one attached hydrogen (secondary N) is 3. The van der Waals surface area contributed by atoms with Crippen LogP contribution in [0, 0.1) is 5.92 Å². The van der Waals surface area contributed by atoms with E-state index in [1.807, 2.05) is 50.2 Å². The molecule has 36 heavy (non-hydrogen) atoms. The van der Waals surface area contributed by atoms with E-state index in [1.165, 1.54) is 0 Å². The first-order chi connectivity index (χ1) is 17.4. The topological polar surface area (TPSA) is 120 Å². The molecule has 3 aromatic rings. The summed E-state index contributed by atoms with van der Waals surface area (Å²) in [7, 11) is 0. The van der Waals surface area contributed by atoms with Gasteiger partial charge in [-0.15, -0.1) is 0 Å². The molecule has 5 rings (SSSR count). The highest BCUT2D eigenvalue weighted by molar-refractivity contribution is 6.08. The molecule has 3 N–H and O–H groups in total. The Hall–Kier alpha value is -4.01. The third-order valence-corrected chi connectivity index (χ3v) is 6.99. The number of pyridine rings is 1. The van der Waals surface area contributed by atoms with E-state index in [0.717, 1.165) is 22.5 Å². The summed E-state index contributed by atoms with van der Waals surface area (Å²) in [6.45, 7) is 4.23. The molecule has 3 atom stereocenters. The maximum atomic E-state index is 13.9. The number of aromatic nitrogens is 3. The monoisotopic (exact) mass is 486 g/mol. The molecule has 0 radical (unpaired) electrons. The Labute approximate surface area is 209 Å². The Morgan fingerprint density at radius 2 is 2.00 bits per heavy atom. The maximum Gasteiger partial charge on any atom is 0.250 e. The lowest BCUT2D eigenvalue weighted by Crippen LogP contribution is -2.55. The largest absolute Gasteiger partial charge is 0.349 e. The average molecular weight is 487 g/mol. The number of carbonyl (C=O) groups excluding carboxylic acids is 3. The molecule has 2 aliphatic rings. The van der Waals surface area contributed by atoms with Gasteiger partial charge in [0.05, 0.1) is 35.9 Å². The number of para-hydroxylation sites is 1. The van der Waals surface area contributed by atoms with Crippen LogP contribution in [0.25, 0.3) is 0 Å². The Morgan fingerprint density at radius 3 is 2.72 bits per heavy atom. The molecule has 0 aliphatic carbocycles. The van der Waals surface area contributed by atoms with Gasteiger partial charge in [-0.2, -0.15) is 0 Å². The van der Waals surface area contributed by atoms with Crippen LogP contribution < -0.4 is 15.5 Å². The summed E-state index contributed by atoms with van der Waals surface area (Å²) in [6, 6.07) is 10.0. The van der Waals surface area contributed by atoms with Crippen molar-refractivity contribution in [2.24, 2.45) is 5.92 Å². The van der Waals surface area contributed by atoms with Crippen molar-refractivity contribution in [1.82, 2.24) is 25.6 Å². The molecule has 0 fully saturated rings. The van der Waals surface area contributed by atoms with Crippen molar-refractivity contribution in [3.63, 3.8) is 0 Å². The van der Waals surface area contributed by atoms with Gasteiger partial charge in [0.15, 0.2) is 0 Å². The zero-order chi connectivity index (χ0) is 25.2. The van der Waals surface area contributed by atoms with Gasteiger partial charge < -0.3 is 15.6 Å². The van der Waals surface area contributed by atoms with Crippen molar-refractivity contribution in [2.75, 3.05) is 4.90 Å². The van der Waals surface area contributed by atoms with Crippen molar-refractivity contribution < 1.29 is 14.4 Å². The highest BCUT2D eigenvalue weighted by Crippen LogP contribution is 2.39. The Kier molecular flexibility index (Phi) is 6.54. The molecule has 2 aromatic heterocycles. The fourth-order valence-corrected chi connectivity index (χ4v) is 5.26. The minimum Gasteiger partial charge on any atom is -0.349 e. The molecule has 2 aliphatic heterocycles. The van der Waals surface area contributed by atoms with E-state index in [9.17, 15) is 14.4 Å². The Balaban J connectivity index is 1.39. The number of rotatable bonds is 7. The van der Waals surface area contributed by atoms with Crippen LogP contribution >= 0.6 is 0 Å². The Bertz CT molecular complexity index is 1260. The van der Waals surface area contributed by atoms with Gasteiger partial charge in [0.1, 0.15) is 12.1 Å². The number of H-pyrrole nitrogens is 1. The molecule has 9 heteroatoms. The van der Waals surface area contributed by atoms with Crippen LogP contribution in [0.15, 0.2) is 55.1 Å². The number of amides is 3. The van der Waals surface area contributed by atoms with Crippen LogP contribution in [0.2, 0.25) is 0 Å². The summed E-state index contributed by atoms with van der Waals surface area (Å²) in [4.78, 5) is 53.5. The van der Waals surface area contributed by atoms with Gasteiger partial charge in [0, 0.05) is 18.8 Å². The third kappa shape index (κ3) is 4.48. The standard InChI is InChI=1S/C27H30N6O3/c1-16(2)23(20-8-3-4-11-29-20)26(35)32-21-10-9-17-6-5-7-18-12-22(33(24(17)18)27(21)36)25(34)30-14-19-13-28-15-31-19/h3-8,11,13,15-16,21-23H,9-10,12,14H2,1-2H3,(H,28,31)(H,30,34)(H,32,35)/t21-,22-,23+/m0/s1. The lowest BCUT2D eigenvalue weighted by atomic mass is 9.90. The van der Waals surface area contributed by atoms with E-state index >= 15 is 0 Å². The average Bonchev–Trinajstić information content (AvgIpc) is 3.50. The highest BCUT2D eigenvalue weighted by atomic mass is 16.2. The summed E-state index contributed by atoms with van der Waals surface area (Å²) in [5.41, 5.74) is 4.26. The molecule has 186 valence electrons. The van der Waals surface area contributed by atoms with E-state index in [0.29, 0.717) is 31.5 Å². The predicted molar refractivity (Wildman–Crippen MR) is 134 cm³/mol. The van der Waals surface area contributed by atoms with E-state index in [4.69, 9.17) is 0 Å². The molecule has 4 heterocycles. The molecule has 0 unspecified atom stereocenters. The van der Waals surface area contributed by atoms with E-state index in [-0.39, 0.29) is 23.6 Å². The first kappa shape index (κ1) is 23.7. The minimum absolute atomic E-state index is 0.00243. The molecule has 9 nitrogen and oxygen atoms in total. The molecule has 0 saturated heterocycles. The number of imidazole rings is 1. The first-order valence-corrected chi connectivity index (χ1v) is 12.3. The number of carbonyl (C=O) groups is 3. The number of nitrogens with zero attached hydrogens (tertiary/aromatic N) is 3. The highest BCUT2D eigenvalue weighted by Gasteiger charge is 2.44.